The van der Waals surface area contributed by atoms with Gasteiger partial charge in [-0.3, -0.25) is 4.79 Å². The molecule has 100 valence electrons. The van der Waals surface area contributed by atoms with E-state index in [4.69, 9.17) is 5.11 Å². The van der Waals surface area contributed by atoms with Crippen LogP contribution < -0.4 is 5.32 Å². The standard InChI is InChI=1S/C13H11F2NO2S/c14-8-1-4-12(11(15)5-8)16-7-10-3-2-9(19-10)6-13(17)18/h1-5,16H,6-7H2,(H,17,18). The lowest BCUT2D eigenvalue weighted by molar-refractivity contribution is -0.136. The number of carbonyl (C=O) groups is 1. The van der Waals surface area contributed by atoms with E-state index < -0.39 is 17.6 Å². The molecule has 0 saturated heterocycles. The van der Waals surface area contributed by atoms with Crippen molar-refractivity contribution in [2.24, 2.45) is 0 Å². The summed E-state index contributed by atoms with van der Waals surface area (Å²) in [7, 11) is 0. The molecule has 0 unspecified atom stereocenters. The molecule has 2 rings (SSSR count). The van der Waals surface area contributed by atoms with Gasteiger partial charge in [-0.2, -0.15) is 0 Å². The van der Waals surface area contributed by atoms with Crippen molar-refractivity contribution in [2.45, 2.75) is 13.0 Å². The Kier molecular flexibility index (Phi) is 4.11. The van der Waals surface area contributed by atoms with Gasteiger partial charge in [-0.25, -0.2) is 8.78 Å². The second kappa shape index (κ2) is 5.79. The van der Waals surface area contributed by atoms with Gasteiger partial charge >= 0.3 is 5.97 Å². The third-order valence-corrected chi connectivity index (χ3v) is 3.51. The average molecular weight is 283 g/mol. The van der Waals surface area contributed by atoms with Crippen LogP contribution in [0.15, 0.2) is 30.3 Å². The van der Waals surface area contributed by atoms with E-state index in [2.05, 4.69) is 5.32 Å². The molecule has 19 heavy (non-hydrogen) atoms. The molecule has 0 aliphatic carbocycles. The summed E-state index contributed by atoms with van der Waals surface area (Å²) >= 11 is 1.35. The van der Waals surface area contributed by atoms with Crippen LogP contribution in [0.25, 0.3) is 0 Å². The maximum atomic E-state index is 13.4. The Morgan fingerprint density at radius 2 is 1.95 bits per heavy atom. The fraction of sp³-hybridized carbons (Fsp3) is 0.154. The lowest BCUT2D eigenvalue weighted by atomic mass is 10.3. The highest BCUT2D eigenvalue weighted by molar-refractivity contribution is 7.12. The largest absolute Gasteiger partial charge is 0.481 e. The number of rotatable bonds is 5. The summed E-state index contributed by atoms with van der Waals surface area (Å²) in [6.07, 6.45) is -0.0183. The first-order chi connectivity index (χ1) is 9.04. The summed E-state index contributed by atoms with van der Waals surface area (Å²) in [4.78, 5) is 12.2. The minimum absolute atomic E-state index is 0.0183. The van der Waals surface area contributed by atoms with Gasteiger partial charge < -0.3 is 10.4 Å². The molecule has 2 aromatic rings. The van der Waals surface area contributed by atoms with Gasteiger partial charge in [-0.1, -0.05) is 0 Å². The van der Waals surface area contributed by atoms with Crippen LogP contribution in [0.4, 0.5) is 14.5 Å². The maximum absolute atomic E-state index is 13.4. The van der Waals surface area contributed by atoms with E-state index >= 15 is 0 Å². The van der Waals surface area contributed by atoms with Crippen molar-refractivity contribution in [3.8, 4) is 0 Å². The molecular formula is C13H11F2NO2S. The van der Waals surface area contributed by atoms with Gasteiger partial charge in [-0.05, 0) is 24.3 Å². The van der Waals surface area contributed by atoms with Gasteiger partial charge in [-0.15, -0.1) is 11.3 Å². The smallest absolute Gasteiger partial charge is 0.308 e. The van der Waals surface area contributed by atoms with Crippen LogP contribution >= 0.6 is 11.3 Å². The Balaban J connectivity index is 1.98. The van der Waals surface area contributed by atoms with Crippen LogP contribution in [0.1, 0.15) is 9.75 Å². The summed E-state index contributed by atoms with van der Waals surface area (Å²) in [6.45, 7) is 0.368. The van der Waals surface area contributed by atoms with E-state index in [1.807, 2.05) is 0 Å². The molecule has 1 aromatic heterocycles. The molecule has 6 heteroatoms. The molecule has 1 heterocycles. The van der Waals surface area contributed by atoms with Gasteiger partial charge in [0.25, 0.3) is 0 Å². The van der Waals surface area contributed by atoms with E-state index in [0.29, 0.717) is 6.54 Å². The molecule has 0 atom stereocenters. The zero-order chi connectivity index (χ0) is 13.8. The average Bonchev–Trinajstić information content (AvgIpc) is 2.74. The maximum Gasteiger partial charge on any atom is 0.308 e. The number of thiophene rings is 1. The van der Waals surface area contributed by atoms with Crippen LogP contribution in [-0.2, 0) is 17.8 Å². The Morgan fingerprint density at radius 1 is 1.21 bits per heavy atom. The summed E-state index contributed by atoms with van der Waals surface area (Å²) in [5.74, 6) is -2.16. The number of aliphatic carboxylic acids is 1. The number of benzene rings is 1. The quantitative estimate of drug-likeness (QED) is 0.885. The van der Waals surface area contributed by atoms with Gasteiger partial charge in [0.1, 0.15) is 11.6 Å². The molecule has 0 aliphatic rings. The molecule has 3 nitrogen and oxygen atoms in total. The first-order valence-electron chi connectivity index (χ1n) is 5.53. The SMILES string of the molecule is O=C(O)Cc1ccc(CNc2ccc(F)cc2F)s1. The Labute approximate surface area is 112 Å². The summed E-state index contributed by atoms with van der Waals surface area (Å²) in [5, 5.41) is 11.5. The van der Waals surface area contributed by atoms with E-state index in [9.17, 15) is 13.6 Å². The molecule has 1 aromatic carbocycles. The Morgan fingerprint density at radius 3 is 2.63 bits per heavy atom. The van der Waals surface area contributed by atoms with Crippen LogP contribution in [0.2, 0.25) is 0 Å². The normalized spacial score (nSPS) is 10.4. The first kappa shape index (κ1) is 13.5. The van der Waals surface area contributed by atoms with Crippen molar-refractivity contribution in [2.75, 3.05) is 5.32 Å². The minimum atomic E-state index is -0.883. The van der Waals surface area contributed by atoms with Crippen molar-refractivity contribution < 1.29 is 18.7 Å². The van der Waals surface area contributed by atoms with Gasteiger partial charge in [0.05, 0.1) is 12.1 Å². The van der Waals surface area contributed by atoms with Crippen molar-refractivity contribution in [3.63, 3.8) is 0 Å². The van der Waals surface area contributed by atoms with E-state index in [0.717, 1.165) is 15.8 Å². The molecule has 0 amide bonds. The van der Waals surface area contributed by atoms with Crippen molar-refractivity contribution in [3.05, 3.63) is 51.7 Å². The number of anilines is 1. The summed E-state index contributed by atoms with van der Waals surface area (Å²) in [5.41, 5.74) is 0.217. The van der Waals surface area contributed by atoms with Crippen LogP contribution in [0, 0.1) is 11.6 Å². The highest BCUT2D eigenvalue weighted by Crippen LogP contribution is 2.20. The van der Waals surface area contributed by atoms with Crippen molar-refractivity contribution in [1.82, 2.24) is 0 Å². The zero-order valence-electron chi connectivity index (χ0n) is 9.82. The van der Waals surface area contributed by atoms with E-state index in [1.54, 1.807) is 12.1 Å². The molecule has 2 N–H and O–H groups in total. The highest BCUT2D eigenvalue weighted by Gasteiger charge is 2.06. The van der Waals surface area contributed by atoms with Crippen molar-refractivity contribution in [1.29, 1.82) is 0 Å². The number of hydrogen-bond donors (Lipinski definition) is 2. The number of carboxylic acid groups (broad SMARTS) is 1. The van der Waals surface area contributed by atoms with Crippen LogP contribution in [-0.4, -0.2) is 11.1 Å². The fourth-order valence-corrected chi connectivity index (χ4v) is 2.53. The zero-order valence-corrected chi connectivity index (χ0v) is 10.6. The predicted molar refractivity (Wildman–Crippen MR) is 69.3 cm³/mol. The topological polar surface area (TPSA) is 49.3 Å². The van der Waals surface area contributed by atoms with Crippen molar-refractivity contribution >= 4 is 23.0 Å². The summed E-state index contributed by atoms with van der Waals surface area (Å²) in [6, 6.07) is 6.84. The van der Waals surface area contributed by atoms with Gasteiger partial charge in [0.2, 0.25) is 0 Å². The number of nitrogens with one attached hydrogen (secondary N) is 1. The second-order valence-electron chi connectivity index (χ2n) is 3.92. The molecule has 0 aliphatic heterocycles. The van der Waals surface area contributed by atoms with E-state index in [-0.39, 0.29) is 12.1 Å². The number of carboxylic acids is 1. The molecule has 0 radical (unpaired) electrons. The molecular weight excluding hydrogens is 272 g/mol. The second-order valence-corrected chi connectivity index (χ2v) is 5.17. The first-order valence-corrected chi connectivity index (χ1v) is 6.34. The van der Waals surface area contributed by atoms with Gasteiger partial charge in [0.15, 0.2) is 0 Å². The number of halogens is 2. The van der Waals surface area contributed by atoms with Crippen LogP contribution in [0.5, 0.6) is 0 Å². The summed E-state index contributed by atoms with van der Waals surface area (Å²) < 4.78 is 26.1. The van der Waals surface area contributed by atoms with E-state index in [1.165, 1.54) is 23.5 Å². The monoisotopic (exact) mass is 283 g/mol. The predicted octanol–water partition coefficient (Wildman–Crippen LogP) is 3.27. The third kappa shape index (κ3) is 3.75. The lowest BCUT2D eigenvalue weighted by Gasteiger charge is -2.05. The third-order valence-electron chi connectivity index (χ3n) is 2.43. The van der Waals surface area contributed by atoms with Gasteiger partial charge in [0, 0.05) is 22.4 Å². The van der Waals surface area contributed by atoms with Crippen LogP contribution in [0.3, 0.4) is 0 Å². The lowest BCUT2D eigenvalue weighted by Crippen LogP contribution is -2.00. The Hall–Kier alpha value is -1.95. The molecule has 0 saturated carbocycles. The Bertz CT molecular complexity index is 598. The highest BCUT2D eigenvalue weighted by atomic mass is 32.1. The number of hydrogen-bond acceptors (Lipinski definition) is 3. The fourth-order valence-electron chi connectivity index (χ4n) is 1.58. The minimum Gasteiger partial charge on any atom is -0.481 e. The molecule has 0 fully saturated rings. The molecule has 0 spiro atoms. The molecule has 0 bridgehead atoms.